The van der Waals surface area contributed by atoms with Crippen molar-refractivity contribution in [2.75, 3.05) is 6.54 Å². The molecule has 1 aliphatic heterocycles. The molecule has 1 unspecified atom stereocenters. The summed E-state index contributed by atoms with van der Waals surface area (Å²) >= 11 is 0. The van der Waals surface area contributed by atoms with Crippen LogP contribution in [0.5, 0.6) is 0 Å². The quantitative estimate of drug-likeness (QED) is 0.554. The second kappa shape index (κ2) is 5.75. The molecule has 0 fully saturated rings. The zero-order chi connectivity index (χ0) is 12.9. The molecule has 0 saturated heterocycles. The highest BCUT2D eigenvalue weighted by atomic mass is 19.4. The molecule has 0 amide bonds. The monoisotopic (exact) mass is 248 g/mol. The van der Waals surface area contributed by atoms with Gasteiger partial charge in [-0.05, 0) is 6.42 Å². The molecule has 7 heteroatoms. The van der Waals surface area contributed by atoms with Gasteiger partial charge in [0.1, 0.15) is 12.4 Å². The highest BCUT2D eigenvalue weighted by Crippen LogP contribution is 2.27. The van der Waals surface area contributed by atoms with Gasteiger partial charge in [-0.1, -0.05) is 26.2 Å². The van der Waals surface area contributed by atoms with Gasteiger partial charge >= 0.3 is 6.30 Å². The van der Waals surface area contributed by atoms with Crippen molar-refractivity contribution in [1.29, 1.82) is 5.26 Å². The van der Waals surface area contributed by atoms with Gasteiger partial charge in [-0.25, -0.2) is 4.90 Å². The van der Waals surface area contributed by atoms with Crippen molar-refractivity contribution >= 4 is 6.34 Å². The molecular formula is C10H15F3N4. The number of unbranched alkanes of at least 4 members (excludes halogenated alkanes) is 3. The third-order valence-corrected chi connectivity index (χ3v) is 2.52. The fourth-order valence-electron chi connectivity index (χ4n) is 1.61. The van der Waals surface area contributed by atoms with E-state index in [1.165, 1.54) is 5.01 Å². The summed E-state index contributed by atoms with van der Waals surface area (Å²) in [5.74, 6) is 0. The molecule has 0 N–H and O–H groups in total. The maximum Gasteiger partial charge on any atom is 0.488 e. The van der Waals surface area contributed by atoms with Crippen LogP contribution in [-0.2, 0) is 0 Å². The molecule has 0 aromatic carbocycles. The van der Waals surface area contributed by atoms with Crippen LogP contribution in [-0.4, -0.2) is 35.3 Å². The van der Waals surface area contributed by atoms with Crippen molar-refractivity contribution < 1.29 is 13.2 Å². The number of nitriles is 1. The number of hydrogen-bond acceptors (Lipinski definition) is 4. The lowest BCUT2D eigenvalue weighted by Gasteiger charge is -2.26. The Bertz CT molecular complexity index is 308. The smallest absolute Gasteiger partial charge is 0.259 e. The Morgan fingerprint density at radius 3 is 2.59 bits per heavy atom. The van der Waals surface area contributed by atoms with E-state index >= 15 is 0 Å². The Hall–Kier alpha value is -1.45. The van der Waals surface area contributed by atoms with Gasteiger partial charge in [-0.15, -0.1) is 13.2 Å². The molecule has 4 nitrogen and oxygen atoms in total. The Morgan fingerprint density at radius 1 is 1.35 bits per heavy atom. The van der Waals surface area contributed by atoms with Gasteiger partial charge in [0, 0.05) is 6.54 Å². The zero-order valence-electron chi connectivity index (χ0n) is 9.61. The summed E-state index contributed by atoms with van der Waals surface area (Å²) in [6.45, 7) is 2.43. The van der Waals surface area contributed by atoms with Crippen LogP contribution >= 0.6 is 0 Å². The Labute approximate surface area is 98.3 Å². The summed E-state index contributed by atoms with van der Waals surface area (Å²) in [6.07, 6.45) is -1.47. The molecule has 0 aromatic rings. The Morgan fingerprint density at radius 2 is 2.06 bits per heavy atom. The SMILES string of the molecule is CCCCCCN1N=CN(C(F)(F)F)C1C#N. The van der Waals surface area contributed by atoms with Gasteiger partial charge in [0.2, 0.25) is 6.17 Å². The number of nitrogens with zero attached hydrogens (tertiary/aromatic N) is 4. The first kappa shape index (κ1) is 13.6. The molecule has 96 valence electrons. The Kier molecular flexibility index (Phi) is 4.61. The molecule has 0 aromatic heterocycles. The van der Waals surface area contributed by atoms with E-state index < -0.39 is 12.5 Å². The van der Waals surface area contributed by atoms with Crippen LogP contribution in [0.15, 0.2) is 5.10 Å². The highest BCUT2D eigenvalue weighted by molar-refractivity contribution is 5.58. The Balaban J connectivity index is 2.49. The predicted molar refractivity (Wildman–Crippen MR) is 56.6 cm³/mol. The van der Waals surface area contributed by atoms with Gasteiger partial charge in [-0.2, -0.15) is 10.4 Å². The van der Waals surface area contributed by atoms with Crippen LogP contribution in [0.1, 0.15) is 32.6 Å². The topological polar surface area (TPSA) is 42.6 Å². The van der Waals surface area contributed by atoms with Crippen LogP contribution < -0.4 is 0 Å². The highest BCUT2D eigenvalue weighted by Gasteiger charge is 2.45. The van der Waals surface area contributed by atoms with Crippen molar-refractivity contribution in [3.05, 3.63) is 0 Å². The summed E-state index contributed by atoms with van der Waals surface area (Å²) in [7, 11) is 0. The van der Waals surface area contributed by atoms with Gasteiger partial charge in [-0.3, -0.25) is 5.01 Å². The minimum absolute atomic E-state index is 0.0207. The van der Waals surface area contributed by atoms with E-state index in [9.17, 15) is 13.2 Å². The van der Waals surface area contributed by atoms with Crippen LogP contribution in [0.2, 0.25) is 0 Å². The molecule has 1 atom stereocenters. The van der Waals surface area contributed by atoms with Gasteiger partial charge < -0.3 is 0 Å². The molecule has 1 aliphatic rings. The minimum Gasteiger partial charge on any atom is -0.259 e. The van der Waals surface area contributed by atoms with Gasteiger partial charge in [0.05, 0.1) is 0 Å². The van der Waals surface area contributed by atoms with Crippen LogP contribution in [0.3, 0.4) is 0 Å². The van der Waals surface area contributed by atoms with E-state index in [0.29, 0.717) is 12.9 Å². The number of alkyl halides is 3. The largest absolute Gasteiger partial charge is 0.488 e. The van der Waals surface area contributed by atoms with Crippen LogP contribution in [0.25, 0.3) is 0 Å². The lowest BCUT2D eigenvalue weighted by molar-refractivity contribution is -0.228. The lowest BCUT2D eigenvalue weighted by Crippen LogP contribution is -2.46. The standard InChI is InChI=1S/C10H15F3N4/c1-2-3-4-5-6-17-9(7-14)16(8-15-17)10(11,12)13/h8-9H,2-6H2,1H3. The third-order valence-electron chi connectivity index (χ3n) is 2.52. The molecule has 0 spiro atoms. The average molecular weight is 248 g/mol. The van der Waals surface area contributed by atoms with Crippen LogP contribution in [0.4, 0.5) is 13.2 Å². The summed E-state index contributed by atoms with van der Waals surface area (Å²) in [6, 6.07) is 1.62. The normalized spacial score (nSPS) is 19.8. The third kappa shape index (κ3) is 3.51. The summed E-state index contributed by atoms with van der Waals surface area (Å²) in [5.41, 5.74) is 0. The van der Waals surface area contributed by atoms with Crippen LogP contribution in [0, 0.1) is 11.3 Å². The average Bonchev–Trinajstić information content (AvgIpc) is 2.67. The second-order valence-corrected chi connectivity index (χ2v) is 3.83. The van der Waals surface area contributed by atoms with E-state index in [-0.39, 0.29) is 4.90 Å². The van der Waals surface area contributed by atoms with Crippen molar-refractivity contribution in [2.24, 2.45) is 5.10 Å². The van der Waals surface area contributed by atoms with Crippen molar-refractivity contribution in [3.63, 3.8) is 0 Å². The van der Waals surface area contributed by atoms with E-state index in [4.69, 9.17) is 5.26 Å². The van der Waals surface area contributed by atoms with Gasteiger partial charge in [0.15, 0.2) is 0 Å². The maximum atomic E-state index is 12.5. The molecule has 0 radical (unpaired) electrons. The summed E-state index contributed by atoms with van der Waals surface area (Å²) in [4.78, 5) is 0.0207. The molecule has 1 rings (SSSR count). The number of hydrazone groups is 1. The molecule has 17 heavy (non-hydrogen) atoms. The fourth-order valence-corrected chi connectivity index (χ4v) is 1.61. The van der Waals surface area contributed by atoms with E-state index in [0.717, 1.165) is 25.7 Å². The molecule has 0 saturated carbocycles. The fraction of sp³-hybridized carbons (Fsp3) is 0.800. The van der Waals surface area contributed by atoms with Crippen molar-refractivity contribution in [1.82, 2.24) is 9.91 Å². The first-order valence-electron chi connectivity index (χ1n) is 5.56. The maximum absolute atomic E-state index is 12.5. The van der Waals surface area contributed by atoms with E-state index in [2.05, 4.69) is 12.0 Å². The second-order valence-electron chi connectivity index (χ2n) is 3.83. The molecule has 0 aliphatic carbocycles. The lowest BCUT2D eigenvalue weighted by atomic mass is 10.2. The minimum atomic E-state index is -4.55. The first-order chi connectivity index (χ1) is 8.00. The van der Waals surface area contributed by atoms with E-state index in [1.807, 2.05) is 0 Å². The predicted octanol–water partition coefficient (Wildman–Crippen LogP) is 2.50. The molecular weight excluding hydrogens is 233 g/mol. The number of halogens is 3. The van der Waals surface area contributed by atoms with Crippen molar-refractivity contribution in [3.8, 4) is 6.07 Å². The number of hydrogen-bond donors (Lipinski definition) is 0. The molecule has 1 heterocycles. The summed E-state index contributed by atoms with van der Waals surface area (Å²) in [5, 5.41) is 13.6. The zero-order valence-corrected chi connectivity index (χ0v) is 9.61. The van der Waals surface area contributed by atoms with Crippen molar-refractivity contribution in [2.45, 2.75) is 45.1 Å². The summed E-state index contributed by atoms with van der Waals surface area (Å²) < 4.78 is 37.4. The van der Waals surface area contributed by atoms with Gasteiger partial charge in [0.25, 0.3) is 0 Å². The number of rotatable bonds is 5. The first-order valence-corrected chi connectivity index (χ1v) is 5.56. The molecule has 0 bridgehead atoms. The van der Waals surface area contributed by atoms with E-state index in [1.54, 1.807) is 6.07 Å².